The summed E-state index contributed by atoms with van der Waals surface area (Å²) >= 11 is 0. The minimum Gasteiger partial charge on any atom is -0.467 e. The van der Waals surface area contributed by atoms with Crippen LogP contribution in [-0.2, 0) is 22.6 Å². The van der Waals surface area contributed by atoms with Crippen LogP contribution in [0.5, 0.6) is 0 Å². The molecule has 3 heterocycles. The average molecular weight is 346 g/mol. The van der Waals surface area contributed by atoms with Crippen molar-refractivity contribution in [2.24, 2.45) is 0 Å². The lowest BCUT2D eigenvalue weighted by Crippen LogP contribution is -2.42. The van der Waals surface area contributed by atoms with Crippen LogP contribution in [0, 0.1) is 0 Å². The van der Waals surface area contributed by atoms with E-state index in [2.05, 4.69) is 10.3 Å². The fourth-order valence-electron chi connectivity index (χ4n) is 2.88. The van der Waals surface area contributed by atoms with E-state index >= 15 is 0 Å². The summed E-state index contributed by atoms with van der Waals surface area (Å²) in [7, 11) is 0. The van der Waals surface area contributed by atoms with E-state index in [0.717, 1.165) is 0 Å². The quantitative estimate of drug-likeness (QED) is 0.853. The Bertz CT molecular complexity index is 738. The summed E-state index contributed by atoms with van der Waals surface area (Å²) in [5, 5.41) is 2.78. The maximum atomic E-state index is 12.3. The zero-order valence-corrected chi connectivity index (χ0v) is 14.4. The molecule has 0 aliphatic carbocycles. The topological polar surface area (TPSA) is 89.6 Å². The minimum absolute atomic E-state index is 0.0626. The van der Waals surface area contributed by atoms with E-state index in [4.69, 9.17) is 9.15 Å². The Morgan fingerprint density at radius 2 is 2.28 bits per heavy atom. The second-order valence-electron chi connectivity index (χ2n) is 5.84. The van der Waals surface area contributed by atoms with E-state index in [0.29, 0.717) is 43.5 Å². The largest absolute Gasteiger partial charge is 0.467 e. The van der Waals surface area contributed by atoms with Gasteiger partial charge in [-0.1, -0.05) is 0 Å². The average Bonchev–Trinajstić information content (AvgIpc) is 3.27. The first-order chi connectivity index (χ1) is 12.1. The normalized spacial score (nSPS) is 16.6. The Morgan fingerprint density at radius 3 is 3.00 bits per heavy atom. The van der Waals surface area contributed by atoms with Crippen molar-refractivity contribution in [3.05, 3.63) is 41.9 Å². The van der Waals surface area contributed by atoms with Crippen LogP contribution in [0.1, 0.15) is 42.0 Å². The van der Waals surface area contributed by atoms with Gasteiger partial charge in [0, 0.05) is 25.9 Å². The van der Waals surface area contributed by atoms with Crippen LogP contribution >= 0.6 is 0 Å². The first-order valence-corrected chi connectivity index (χ1v) is 8.35. The highest BCUT2D eigenvalue weighted by atomic mass is 16.5. The zero-order chi connectivity index (χ0) is 17.8. The van der Waals surface area contributed by atoms with Crippen molar-refractivity contribution in [1.29, 1.82) is 0 Å². The van der Waals surface area contributed by atoms with Crippen molar-refractivity contribution in [3.8, 4) is 0 Å². The van der Waals surface area contributed by atoms with E-state index in [1.807, 2.05) is 18.4 Å². The smallest absolute Gasteiger partial charge is 0.271 e. The molecule has 1 aliphatic heterocycles. The summed E-state index contributed by atoms with van der Waals surface area (Å²) in [6, 6.07) is 3.36. The van der Waals surface area contributed by atoms with Crippen LogP contribution < -0.4 is 5.32 Å². The summed E-state index contributed by atoms with van der Waals surface area (Å²) in [5.41, 5.74) is 0.340. The van der Waals surface area contributed by atoms with Crippen molar-refractivity contribution in [2.75, 3.05) is 19.8 Å². The summed E-state index contributed by atoms with van der Waals surface area (Å²) in [6.45, 7) is 5.82. The van der Waals surface area contributed by atoms with Gasteiger partial charge in [0.25, 0.3) is 5.91 Å². The minimum atomic E-state index is -0.266. The predicted molar refractivity (Wildman–Crippen MR) is 88.7 cm³/mol. The van der Waals surface area contributed by atoms with Gasteiger partial charge in [0.15, 0.2) is 0 Å². The number of nitrogens with one attached hydrogen (secondary N) is 1. The number of carbonyl (C=O) groups is 2. The van der Waals surface area contributed by atoms with Gasteiger partial charge in [0.2, 0.25) is 5.91 Å². The van der Waals surface area contributed by atoms with Crippen LogP contribution in [0.25, 0.3) is 0 Å². The van der Waals surface area contributed by atoms with Crippen LogP contribution in [-0.4, -0.2) is 46.0 Å². The standard InChI is InChI=1S/C17H22N4O4/c1-3-24-11-15(22)21-7-6-20-10-14(19-16(20)12(21)2)17(23)18-9-13-5-4-8-25-13/h4-5,8,10,12H,3,6-7,9,11H2,1-2H3,(H,18,23)/t12-/m1/s1. The molecule has 0 fully saturated rings. The summed E-state index contributed by atoms with van der Waals surface area (Å²) in [4.78, 5) is 30.7. The van der Waals surface area contributed by atoms with Gasteiger partial charge < -0.3 is 23.9 Å². The molecular weight excluding hydrogens is 324 g/mol. The van der Waals surface area contributed by atoms with Crippen molar-refractivity contribution in [3.63, 3.8) is 0 Å². The molecule has 0 spiro atoms. The Hall–Kier alpha value is -2.61. The number of fused-ring (bicyclic) bond motifs is 1. The van der Waals surface area contributed by atoms with Crippen molar-refractivity contribution < 1.29 is 18.7 Å². The molecule has 2 amide bonds. The van der Waals surface area contributed by atoms with E-state index < -0.39 is 0 Å². The molecule has 2 aromatic rings. The third kappa shape index (κ3) is 3.74. The van der Waals surface area contributed by atoms with Crippen LogP contribution in [0.3, 0.4) is 0 Å². The van der Waals surface area contributed by atoms with Gasteiger partial charge in [0.05, 0.1) is 18.8 Å². The molecule has 0 saturated heterocycles. The third-order valence-corrected chi connectivity index (χ3v) is 4.22. The number of nitrogens with zero attached hydrogens (tertiary/aromatic N) is 3. The molecule has 0 saturated carbocycles. The molecule has 0 radical (unpaired) electrons. The highest BCUT2D eigenvalue weighted by molar-refractivity contribution is 5.92. The second kappa shape index (κ2) is 7.52. The number of amides is 2. The summed E-state index contributed by atoms with van der Waals surface area (Å²) in [6.07, 6.45) is 3.29. The number of hydrogen-bond acceptors (Lipinski definition) is 5. The highest BCUT2D eigenvalue weighted by Gasteiger charge is 2.30. The van der Waals surface area contributed by atoms with Gasteiger partial charge in [-0.05, 0) is 26.0 Å². The van der Waals surface area contributed by atoms with Gasteiger partial charge in [-0.25, -0.2) is 4.98 Å². The fourth-order valence-corrected chi connectivity index (χ4v) is 2.88. The number of aromatic nitrogens is 2. The first-order valence-electron chi connectivity index (χ1n) is 8.35. The molecule has 8 nitrogen and oxygen atoms in total. The van der Waals surface area contributed by atoms with E-state index in [1.54, 1.807) is 29.5 Å². The Kier molecular flexibility index (Phi) is 5.18. The molecule has 1 aliphatic rings. The molecule has 3 rings (SSSR count). The molecule has 2 aromatic heterocycles. The van der Waals surface area contributed by atoms with E-state index in [1.165, 1.54) is 0 Å². The maximum absolute atomic E-state index is 12.3. The van der Waals surface area contributed by atoms with Gasteiger partial charge in [-0.15, -0.1) is 0 Å². The number of rotatable bonds is 6. The lowest BCUT2D eigenvalue weighted by molar-refractivity contribution is -0.139. The molecule has 0 unspecified atom stereocenters. The van der Waals surface area contributed by atoms with Crippen LogP contribution in [0.15, 0.2) is 29.0 Å². The molecule has 0 aromatic carbocycles. The number of ether oxygens (including phenoxy) is 1. The highest BCUT2D eigenvalue weighted by Crippen LogP contribution is 2.24. The van der Waals surface area contributed by atoms with Crippen molar-refractivity contribution >= 4 is 11.8 Å². The van der Waals surface area contributed by atoms with Crippen molar-refractivity contribution in [1.82, 2.24) is 19.8 Å². The molecule has 25 heavy (non-hydrogen) atoms. The molecule has 1 N–H and O–H groups in total. The van der Waals surface area contributed by atoms with Gasteiger partial charge in [-0.3, -0.25) is 9.59 Å². The Labute approximate surface area is 145 Å². The number of imidazole rings is 1. The second-order valence-corrected chi connectivity index (χ2v) is 5.84. The zero-order valence-electron chi connectivity index (χ0n) is 14.4. The summed E-state index contributed by atoms with van der Waals surface area (Å²) in [5.74, 6) is 1.06. The Morgan fingerprint density at radius 1 is 1.44 bits per heavy atom. The molecule has 0 bridgehead atoms. The molecular formula is C17H22N4O4. The van der Waals surface area contributed by atoms with Gasteiger partial charge in [0.1, 0.15) is 23.9 Å². The van der Waals surface area contributed by atoms with Crippen LogP contribution in [0.4, 0.5) is 0 Å². The molecule has 8 heteroatoms. The van der Waals surface area contributed by atoms with E-state index in [-0.39, 0.29) is 24.5 Å². The monoisotopic (exact) mass is 346 g/mol. The van der Waals surface area contributed by atoms with E-state index in [9.17, 15) is 9.59 Å². The number of carbonyl (C=O) groups excluding carboxylic acids is 2. The molecule has 1 atom stereocenters. The molecule has 134 valence electrons. The SMILES string of the molecule is CCOCC(=O)N1CCn2cc(C(=O)NCc3ccco3)nc2[C@H]1C. The maximum Gasteiger partial charge on any atom is 0.271 e. The first kappa shape index (κ1) is 17.2. The lowest BCUT2D eigenvalue weighted by atomic mass is 10.2. The lowest BCUT2D eigenvalue weighted by Gasteiger charge is -2.33. The van der Waals surface area contributed by atoms with Crippen LogP contribution in [0.2, 0.25) is 0 Å². The van der Waals surface area contributed by atoms with Gasteiger partial charge >= 0.3 is 0 Å². The third-order valence-electron chi connectivity index (χ3n) is 4.22. The predicted octanol–water partition coefficient (Wildman–Crippen LogP) is 1.35. The Balaban J connectivity index is 1.67. The number of hydrogen-bond donors (Lipinski definition) is 1. The van der Waals surface area contributed by atoms with Gasteiger partial charge in [-0.2, -0.15) is 0 Å². The van der Waals surface area contributed by atoms with Crippen molar-refractivity contribution in [2.45, 2.75) is 33.0 Å². The fraction of sp³-hybridized carbons (Fsp3) is 0.471. The number of furan rings is 1. The summed E-state index contributed by atoms with van der Waals surface area (Å²) < 4.78 is 12.3.